The van der Waals surface area contributed by atoms with Crippen molar-refractivity contribution >= 4 is 34.3 Å². The van der Waals surface area contributed by atoms with Gasteiger partial charge in [0.15, 0.2) is 11.4 Å². The smallest absolute Gasteiger partial charge is 0.322 e. The van der Waals surface area contributed by atoms with Crippen LogP contribution >= 0.6 is 0 Å². The minimum Gasteiger partial charge on any atom is -0.496 e. The molecule has 9 rings (SSSR count). The Hall–Kier alpha value is -4.31. The first-order valence-corrected chi connectivity index (χ1v) is 22.9. The molecule has 10 atom stereocenters. The van der Waals surface area contributed by atoms with Gasteiger partial charge in [-0.2, -0.15) is 0 Å². The SMILES string of the molecule is CC[C@]1(O)[CH]C2CN(CCc3c([nH]c4ccccc34)[C@@](C(=O)OC)(c3cc4c(cc3OC)N(C)C3C45CCN4CC=C[C@](CC)(C45)[C@@H](O)[C@]3(O)C(=O)NCCCCC(=O)CO)C2)C1. The van der Waals surface area contributed by atoms with Gasteiger partial charge < -0.3 is 45.1 Å². The molecule has 3 aromatic rings. The number of methoxy groups -OCH3 is 2. The first kappa shape index (κ1) is 43.9. The van der Waals surface area contributed by atoms with Crippen LogP contribution in [0.1, 0.15) is 81.2 Å². The zero-order valence-electron chi connectivity index (χ0n) is 37.3. The molecule has 3 fully saturated rings. The van der Waals surface area contributed by atoms with Crippen molar-refractivity contribution in [3.63, 3.8) is 0 Å². The number of esters is 1. The van der Waals surface area contributed by atoms with Crippen molar-refractivity contribution in [1.82, 2.24) is 20.1 Å². The lowest BCUT2D eigenvalue weighted by Gasteiger charge is -2.63. The number of ketones is 1. The second-order valence-corrected chi connectivity index (χ2v) is 19.3. The Morgan fingerprint density at radius 3 is 2.54 bits per heavy atom. The summed E-state index contributed by atoms with van der Waals surface area (Å²) in [5, 5.41) is 51.3. The van der Waals surface area contributed by atoms with Crippen LogP contribution < -0.4 is 15.0 Å². The van der Waals surface area contributed by atoms with Crippen molar-refractivity contribution in [1.29, 1.82) is 0 Å². The number of aromatic amines is 1. The van der Waals surface area contributed by atoms with E-state index < -0.39 is 58.1 Å². The van der Waals surface area contributed by atoms with Gasteiger partial charge in [-0.3, -0.25) is 24.2 Å². The van der Waals surface area contributed by atoms with Crippen LogP contribution in [-0.4, -0.2) is 149 Å². The molecular weight excluding hydrogens is 803 g/mol. The molecule has 5 unspecified atom stereocenters. The summed E-state index contributed by atoms with van der Waals surface area (Å²) in [7, 11) is 4.88. The number of fused-ring (bicyclic) bond motifs is 6. The highest BCUT2D eigenvalue weighted by Gasteiger charge is 2.78. The Labute approximate surface area is 369 Å². The molecule has 1 radical (unpaired) electrons. The highest BCUT2D eigenvalue weighted by atomic mass is 16.5. The number of piperidine rings is 1. The number of nitrogens with zero attached hydrogens (tertiary/aromatic N) is 3. The van der Waals surface area contributed by atoms with Crippen molar-refractivity contribution < 1.29 is 44.3 Å². The Bertz CT molecular complexity index is 2330. The fraction of sp³-hybridized carbons (Fsp3) is 0.592. The normalized spacial score (nSPS) is 35.4. The average Bonchev–Trinajstić information content (AvgIpc) is 3.95. The highest BCUT2D eigenvalue weighted by Crippen LogP contribution is 2.67. The molecule has 14 nitrogen and oxygen atoms in total. The number of unbranched alkanes of at least 4 members (excludes halogenated alkanes) is 1. The van der Waals surface area contributed by atoms with E-state index in [9.17, 15) is 30.0 Å². The van der Waals surface area contributed by atoms with Gasteiger partial charge in [-0.25, -0.2) is 0 Å². The minimum atomic E-state index is -2.31. The number of benzene rings is 2. The molecule has 1 saturated carbocycles. The monoisotopic (exact) mass is 866 g/mol. The molecule has 2 aromatic carbocycles. The maximum Gasteiger partial charge on any atom is 0.322 e. The number of ether oxygens (including phenoxy) is 2. The number of Topliss-reactive ketones (excluding diaryl/α,β-unsaturated/α-hetero) is 1. The molecule has 1 spiro atoms. The van der Waals surface area contributed by atoms with Crippen LogP contribution in [0, 0.1) is 17.8 Å². The Balaban J connectivity index is 1.27. The first-order valence-electron chi connectivity index (χ1n) is 22.9. The lowest BCUT2D eigenvalue weighted by atomic mass is 9.47. The molecule has 339 valence electrons. The lowest BCUT2D eigenvalue weighted by Crippen LogP contribution is -2.81. The zero-order chi connectivity index (χ0) is 44.7. The highest BCUT2D eigenvalue weighted by molar-refractivity contribution is 5.95. The predicted octanol–water partition coefficient (Wildman–Crippen LogP) is 2.91. The number of likely N-dealkylation sites (N-methyl/N-ethyl adjacent to an activating group) is 1. The summed E-state index contributed by atoms with van der Waals surface area (Å²) >= 11 is 0. The van der Waals surface area contributed by atoms with Crippen molar-refractivity contribution in [2.75, 3.05) is 72.0 Å². The minimum absolute atomic E-state index is 0.169. The van der Waals surface area contributed by atoms with Gasteiger partial charge in [0, 0.05) is 97.0 Å². The average molecular weight is 867 g/mol. The molecule has 2 saturated heterocycles. The largest absolute Gasteiger partial charge is 0.496 e. The van der Waals surface area contributed by atoms with Gasteiger partial charge in [-0.15, -0.1) is 0 Å². The molecule has 6 N–H and O–H groups in total. The van der Waals surface area contributed by atoms with E-state index in [1.165, 1.54) is 7.11 Å². The second-order valence-electron chi connectivity index (χ2n) is 19.3. The molecule has 63 heavy (non-hydrogen) atoms. The van der Waals surface area contributed by atoms with Crippen LogP contribution in [0.15, 0.2) is 48.6 Å². The topological polar surface area (TPSA) is 188 Å². The fourth-order valence-electron chi connectivity index (χ4n) is 13.6. The molecule has 2 bridgehead atoms. The van der Waals surface area contributed by atoms with E-state index in [2.05, 4.69) is 32.2 Å². The summed E-state index contributed by atoms with van der Waals surface area (Å²) in [6, 6.07) is 10.9. The fourth-order valence-corrected chi connectivity index (χ4v) is 13.6. The van der Waals surface area contributed by atoms with E-state index in [0.717, 1.165) is 33.4 Å². The van der Waals surface area contributed by atoms with E-state index in [4.69, 9.17) is 9.47 Å². The quantitative estimate of drug-likeness (QED) is 0.0890. The molecule has 6 heterocycles. The predicted molar refractivity (Wildman–Crippen MR) is 238 cm³/mol. The van der Waals surface area contributed by atoms with Crippen molar-refractivity contribution in [2.24, 2.45) is 11.3 Å². The zero-order valence-corrected chi connectivity index (χ0v) is 37.3. The Morgan fingerprint density at radius 2 is 1.81 bits per heavy atom. The third-order valence-electron chi connectivity index (χ3n) is 16.3. The number of nitrogens with one attached hydrogen (secondary N) is 2. The number of aliphatic hydroxyl groups excluding tert-OH is 2. The number of aromatic nitrogens is 1. The number of hydrogen-bond acceptors (Lipinski definition) is 12. The van der Waals surface area contributed by atoms with Gasteiger partial charge in [0.05, 0.1) is 25.9 Å². The molecular formula is C49H64N5O9. The van der Waals surface area contributed by atoms with E-state index in [-0.39, 0.29) is 37.1 Å². The molecule has 1 amide bonds. The summed E-state index contributed by atoms with van der Waals surface area (Å²) in [6.45, 7) is 6.75. The third kappa shape index (κ3) is 6.21. The summed E-state index contributed by atoms with van der Waals surface area (Å²) < 4.78 is 12.3. The van der Waals surface area contributed by atoms with E-state index in [0.29, 0.717) is 82.6 Å². The van der Waals surface area contributed by atoms with E-state index in [1.807, 2.05) is 68.6 Å². The maximum atomic E-state index is 15.4. The van der Waals surface area contributed by atoms with Gasteiger partial charge in [-0.05, 0) is 87.1 Å². The van der Waals surface area contributed by atoms with Crippen molar-refractivity contribution in [3.05, 3.63) is 77.4 Å². The summed E-state index contributed by atoms with van der Waals surface area (Å²) in [5.74, 6) is -1.22. The van der Waals surface area contributed by atoms with Crippen molar-refractivity contribution in [2.45, 2.75) is 105 Å². The standard InChI is InChI=1S/C49H64N5O9/c1-6-45(60)25-30-26-48(44(59)63-5,39-33(16-21-53(27-30)29-45)32-14-8-9-15-36(32)51-39)35-23-34-37(24-38(35)62-4)52(3)41-47(34)18-22-54-20-12-17-46(7-2,40(47)54)42(57)49(41,61)43(58)50-19-11-10-13-31(56)28-55/h8-9,12,14-15,17,23-25,30,40-42,51,55,57,60-61H,6-7,10-11,13,16,18-22,26-29H2,1-5H3,(H,50,58)/t30?,40?,41?,42-,45+,46-,47?,48+,49+/m1/s1. The lowest BCUT2D eigenvalue weighted by molar-refractivity contribution is -0.203. The number of para-hydroxylation sites is 1. The van der Waals surface area contributed by atoms with Crippen LogP contribution in [0.5, 0.6) is 5.75 Å². The van der Waals surface area contributed by atoms with E-state index in [1.54, 1.807) is 7.11 Å². The summed E-state index contributed by atoms with van der Waals surface area (Å²) in [5.41, 5.74) is -1.94. The van der Waals surface area contributed by atoms with Crippen LogP contribution in [0.3, 0.4) is 0 Å². The number of H-pyrrole nitrogens is 1. The van der Waals surface area contributed by atoms with Gasteiger partial charge in [0.2, 0.25) is 0 Å². The van der Waals surface area contributed by atoms with Crippen LogP contribution in [0.25, 0.3) is 10.9 Å². The number of rotatable bonds is 12. The Morgan fingerprint density at radius 1 is 1.02 bits per heavy atom. The number of carbonyl (C=O) groups is 3. The molecule has 1 aromatic heterocycles. The summed E-state index contributed by atoms with van der Waals surface area (Å²) in [4.78, 5) is 52.4. The molecule has 6 aliphatic rings. The summed E-state index contributed by atoms with van der Waals surface area (Å²) in [6.07, 6.45) is 8.11. The van der Waals surface area contributed by atoms with Crippen molar-refractivity contribution in [3.8, 4) is 5.75 Å². The third-order valence-corrected chi connectivity index (χ3v) is 16.3. The Kier molecular flexibility index (Phi) is 11.1. The van der Waals surface area contributed by atoms with Gasteiger partial charge in [0.1, 0.15) is 23.9 Å². The van der Waals surface area contributed by atoms with Gasteiger partial charge in [-0.1, -0.05) is 44.2 Å². The molecule has 14 heteroatoms. The number of amides is 1. The van der Waals surface area contributed by atoms with E-state index >= 15 is 4.79 Å². The molecule has 5 aliphatic heterocycles. The van der Waals surface area contributed by atoms with Crippen LogP contribution in [-0.2, 0) is 36.4 Å². The van der Waals surface area contributed by atoms with Crippen LogP contribution in [0.4, 0.5) is 5.69 Å². The van der Waals surface area contributed by atoms with Gasteiger partial charge >= 0.3 is 5.97 Å². The number of aliphatic hydroxyl groups is 4. The second kappa shape index (κ2) is 16.0. The number of carbonyl (C=O) groups excluding carboxylic acids is 3. The molecule has 1 aliphatic carbocycles. The number of anilines is 1. The maximum absolute atomic E-state index is 15.4. The van der Waals surface area contributed by atoms with Crippen LogP contribution in [0.2, 0.25) is 0 Å². The first-order chi connectivity index (χ1) is 30.2. The van der Waals surface area contributed by atoms with Gasteiger partial charge in [0.25, 0.3) is 5.91 Å². The number of hydrogen-bond donors (Lipinski definition) is 6.